The summed E-state index contributed by atoms with van der Waals surface area (Å²) in [6.45, 7) is 4.41. The molecule has 0 fully saturated rings. The van der Waals surface area contributed by atoms with Gasteiger partial charge >= 0.3 is 12.3 Å². The van der Waals surface area contributed by atoms with Crippen molar-refractivity contribution >= 4 is 48.9 Å². The first kappa shape index (κ1) is 30.0. The fourth-order valence-electron chi connectivity index (χ4n) is 4.09. The van der Waals surface area contributed by atoms with E-state index in [0.29, 0.717) is 13.8 Å². The number of rotatable bonds is 8. The van der Waals surface area contributed by atoms with Gasteiger partial charge < -0.3 is 5.11 Å². The van der Waals surface area contributed by atoms with E-state index in [2.05, 4.69) is 10.1 Å². The molecule has 1 N–H and O–H groups in total. The van der Waals surface area contributed by atoms with Crippen LogP contribution in [0.15, 0.2) is 23.4 Å². The highest BCUT2D eigenvalue weighted by molar-refractivity contribution is 7.93. The average Bonchev–Trinajstić information content (AvgIpc) is 3.19. The number of anilines is 2. The smallest absolute Gasteiger partial charge is 0.412 e. The number of hydrogen-bond donors (Lipinski definition) is 1. The zero-order chi connectivity index (χ0) is 28.8. The van der Waals surface area contributed by atoms with Crippen molar-refractivity contribution in [3.8, 4) is 0 Å². The van der Waals surface area contributed by atoms with Crippen LogP contribution in [0.5, 0.6) is 0 Å². The van der Waals surface area contributed by atoms with Gasteiger partial charge in [-0.1, -0.05) is 18.5 Å². The first-order valence-corrected chi connectivity index (χ1v) is 15.0. The van der Waals surface area contributed by atoms with Gasteiger partial charge in [0.1, 0.15) is 20.3 Å². The molecule has 0 aromatic carbocycles. The third-order valence-corrected chi connectivity index (χ3v) is 10.3. The Labute approximate surface area is 223 Å². The van der Waals surface area contributed by atoms with Crippen LogP contribution in [0.4, 0.5) is 29.3 Å². The largest absolute Gasteiger partial charge is 0.465 e. The quantitative estimate of drug-likeness (QED) is 0.484. The molecule has 0 bridgehead atoms. The van der Waals surface area contributed by atoms with Crippen LogP contribution >= 0.6 is 11.6 Å². The lowest BCUT2D eigenvalue weighted by atomic mass is 9.98. The molecule has 0 spiro atoms. The Hall–Kier alpha value is -2.59. The minimum Gasteiger partial charge on any atom is -0.465 e. The van der Waals surface area contributed by atoms with Crippen LogP contribution in [-0.4, -0.2) is 72.6 Å². The number of pyridine rings is 1. The number of amides is 1. The van der Waals surface area contributed by atoms with Crippen LogP contribution in [0.1, 0.15) is 33.4 Å². The lowest BCUT2D eigenvalue weighted by Crippen LogP contribution is -2.57. The second-order valence-electron chi connectivity index (χ2n) is 9.28. The van der Waals surface area contributed by atoms with Gasteiger partial charge in [0.15, 0.2) is 5.15 Å². The van der Waals surface area contributed by atoms with Crippen LogP contribution in [0.25, 0.3) is 0 Å². The lowest BCUT2D eigenvalue weighted by molar-refractivity contribution is -0.175. The zero-order valence-corrected chi connectivity index (χ0v) is 23.3. The summed E-state index contributed by atoms with van der Waals surface area (Å²) < 4.78 is 95.5. The molecule has 17 heteroatoms. The molecule has 212 valence electrons. The monoisotopic (exact) mass is 601 g/mol. The second kappa shape index (κ2) is 10.2. The van der Waals surface area contributed by atoms with E-state index in [-0.39, 0.29) is 52.5 Å². The number of alkyl halides is 3. The first-order valence-electron chi connectivity index (χ1n) is 11.4. The molecule has 2 aromatic rings. The maximum Gasteiger partial charge on any atom is 0.412 e. The molecule has 0 radical (unpaired) electrons. The summed E-state index contributed by atoms with van der Waals surface area (Å²) in [7, 11) is -8.06. The van der Waals surface area contributed by atoms with Crippen LogP contribution in [0.2, 0.25) is 5.15 Å². The van der Waals surface area contributed by atoms with Gasteiger partial charge in [-0.05, 0) is 39.2 Å². The maximum atomic E-state index is 13.8. The number of halogens is 4. The molecule has 1 atom stereocenters. The molecule has 0 aliphatic carbocycles. The van der Waals surface area contributed by atoms with E-state index < -0.39 is 54.2 Å². The van der Waals surface area contributed by atoms with E-state index in [1.54, 1.807) is 6.92 Å². The molecule has 3 rings (SSSR count). The summed E-state index contributed by atoms with van der Waals surface area (Å²) in [6, 6.07) is 0.990. The number of nitrogens with zero attached hydrogens (tertiary/aromatic N) is 5. The fraction of sp³-hybridized carbons (Fsp3) is 0.571. The highest BCUT2D eigenvalue weighted by Gasteiger charge is 2.54. The summed E-state index contributed by atoms with van der Waals surface area (Å²) in [5.41, 5.74) is -3.52. The van der Waals surface area contributed by atoms with E-state index in [1.807, 2.05) is 0 Å². The predicted octanol–water partition coefficient (Wildman–Crippen LogP) is 3.58. The highest BCUT2D eigenvalue weighted by atomic mass is 35.5. The van der Waals surface area contributed by atoms with Crippen LogP contribution in [0, 0.1) is 5.92 Å². The summed E-state index contributed by atoms with van der Waals surface area (Å²) >= 11 is 6.09. The van der Waals surface area contributed by atoms with Gasteiger partial charge in [0, 0.05) is 25.0 Å². The van der Waals surface area contributed by atoms with Gasteiger partial charge in [-0.3, -0.25) is 18.9 Å². The fourth-order valence-corrected chi connectivity index (χ4v) is 7.27. The molecule has 1 amide bonds. The summed E-state index contributed by atoms with van der Waals surface area (Å²) in [5, 5.41) is 13.2. The van der Waals surface area contributed by atoms with Crippen LogP contribution in [0.3, 0.4) is 0 Å². The molecule has 1 aliphatic heterocycles. The van der Waals surface area contributed by atoms with E-state index in [4.69, 9.17) is 11.6 Å². The minimum atomic E-state index is -4.98. The average molecular weight is 602 g/mol. The van der Waals surface area contributed by atoms with Gasteiger partial charge in [0.2, 0.25) is 0 Å². The number of aromatic nitrogens is 3. The predicted molar refractivity (Wildman–Crippen MR) is 134 cm³/mol. The van der Waals surface area contributed by atoms with Gasteiger partial charge in [-0.2, -0.15) is 18.3 Å². The van der Waals surface area contributed by atoms with Gasteiger partial charge in [0.25, 0.3) is 10.0 Å². The van der Waals surface area contributed by atoms with Gasteiger partial charge in [0.05, 0.1) is 29.0 Å². The second-order valence-corrected chi connectivity index (χ2v) is 13.9. The number of aryl methyl sites for hydroxylation is 1. The molecule has 0 unspecified atom stereocenters. The Morgan fingerprint density at radius 2 is 1.87 bits per heavy atom. The van der Waals surface area contributed by atoms with Crippen molar-refractivity contribution in [3.05, 3.63) is 29.3 Å². The van der Waals surface area contributed by atoms with Crippen molar-refractivity contribution < 1.29 is 39.9 Å². The first-order chi connectivity index (χ1) is 17.4. The van der Waals surface area contributed by atoms with Crippen molar-refractivity contribution in [1.29, 1.82) is 0 Å². The van der Waals surface area contributed by atoms with Crippen LogP contribution < -0.4 is 9.21 Å². The Kier molecular flexibility index (Phi) is 8.03. The standard InChI is InChI=1S/C21H27ClF3N5O6S2/c1-5-28-11-17(18(22)27-28)38(35,36)29-10-13(12-37(33,34)6-2)7-15-16(29)8-14(9-26-15)30(19(31)32)20(3,4)21(23,24)25/h8-9,11,13H,5-7,10,12H2,1-4H3,(H,31,32)/t13-/m0/s1. The molecule has 38 heavy (non-hydrogen) atoms. The molecular formula is C21H27ClF3N5O6S2. The number of fused-ring (bicyclic) bond motifs is 1. The Morgan fingerprint density at radius 1 is 1.24 bits per heavy atom. The van der Waals surface area contributed by atoms with Crippen molar-refractivity contribution in [2.24, 2.45) is 5.92 Å². The molecule has 1 aliphatic rings. The molecular weight excluding hydrogens is 575 g/mol. The zero-order valence-electron chi connectivity index (χ0n) is 20.9. The number of carbonyl (C=O) groups is 1. The van der Waals surface area contributed by atoms with Crippen molar-refractivity contribution in [1.82, 2.24) is 14.8 Å². The Morgan fingerprint density at radius 3 is 2.37 bits per heavy atom. The SMILES string of the molecule is CCn1cc(S(=O)(=O)N2C[C@@H](CS(=O)(=O)CC)Cc3ncc(N(C(=O)O)C(C)(C)C(F)(F)F)cc32)c(Cl)n1. The maximum absolute atomic E-state index is 13.8. The molecule has 2 aromatic heterocycles. The van der Waals surface area contributed by atoms with E-state index >= 15 is 0 Å². The van der Waals surface area contributed by atoms with E-state index in [0.717, 1.165) is 16.6 Å². The number of sulfonamides is 1. The topological polar surface area (TPSA) is 143 Å². The highest BCUT2D eigenvalue weighted by Crippen LogP contribution is 2.41. The molecule has 11 nitrogen and oxygen atoms in total. The van der Waals surface area contributed by atoms with E-state index in [9.17, 15) is 39.9 Å². The summed E-state index contributed by atoms with van der Waals surface area (Å²) in [4.78, 5) is 15.7. The Balaban J connectivity index is 2.22. The summed E-state index contributed by atoms with van der Waals surface area (Å²) in [6.07, 6.45) is -4.84. The molecule has 3 heterocycles. The van der Waals surface area contributed by atoms with Gasteiger partial charge in [-0.25, -0.2) is 21.6 Å². The van der Waals surface area contributed by atoms with Gasteiger partial charge in [-0.15, -0.1) is 0 Å². The summed E-state index contributed by atoms with van der Waals surface area (Å²) in [5.74, 6) is -1.27. The molecule has 0 saturated heterocycles. The minimum absolute atomic E-state index is 0.00144. The third kappa shape index (κ3) is 5.57. The normalized spacial score (nSPS) is 16.8. The van der Waals surface area contributed by atoms with Crippen molar-refractivity contribution in [2.75, 3.05) is 27.3 Å². The molecule has 0 saturated carbocycles. The van der Waals surface area contributed by atoms with E-state index in [1.165, 1.54) is 17.8 Å². The number of carboxylic acid groups (broad SMARTS) is 1. The third-order valence-electron chi connectivity index (χ3n) is 6.32. The number of hydrogen-bond acceptors (Lipinski definition) is 7. The Bertz CT molecular complexity index is 1440. The van der Waals surface area contributed by atoms with Crippen LogP contribution in [-0.2, 0) is 32.8 Å². The van der Waals surface area contributed by atoms with Crippen molar-refractivity contribution in [2.45, 2.75) is 57.3 Å². The number of sulfone groups is 1. The lowest BCUT2D eigenvalue weighted by Gasteiger charge is -2.39. The van der Waals surface area contributed by atoms with Crippen molar-refractivity contribution in [3.63, 3.8) is 0 Å².